The molecule has 0 fully saturated rings. The molecular formula is C76H72N2. The Morgan fingerprint density at radius 3 is 0.551 bits per heavy atom. The first kappa shape index (κ1) is 50.6. The van der Waals surface area contributed by atoms with E-state index in [0.717, 1.165) is 11.4 Å². The predicted octanol–water partition coefficient (Wildman–Crippen LogP) is 21.4. The molecule has 0 bridgehead atoms. The lowest BCUT2D eigenvalue weighted by molar-refractivity contribution is 0.590. The Hall–Kier alpha value is -8.20. The van der Waals surface area contributed by atoms with Crippen LogP contribution in [0, 0.1) is 0 Å². The van der Waals surface area contributed by atoms with E-state index in [1.165, 1.54) is 122 Å². The summed E-state index contributed by atoms with van der Waals surface area (Å²) in [6, 6.07) is 82.8. The fourth-order valence-corrected chi connectivity index (χ4v) is 11.6. The maximum absolute atomic E-state index is 2.44. The Bertz CT molecular complexity index is 3680. The summed E-state index contributed by atoms with van der Waals surface area (Å²) >= 11 is 0. The highest BCUT2D eigenvalue weighted by Crippen LogP contribution is 2.41. The van der Waals surface area contributed by atoms with Crippen LogP contribution < -0.4 is 0 Å². The standard InChI is InChI=1S/C76H72N2/c1-73(2,3)59-29-13-51(14-30-59)55-25-41-69-65(45-55)66-46-56(52-15-31-60(32-16-52)74(4,5)6)26-42-70(66)77(69)63-37-21-49(22-38-63)50-23-39-64(40-24-50)78-71-43-27-57(53-17-33-61(34-18-53)75(7,8)9)47-67(71)68-48-58(28-44-72(68)78)54-19-35-62(36-20-54)76(10,11)12/h13-48H,1-12H3. The van der Waals surface area contributed by atoms with E-state index in [2.05, 4.69) is 311 Å². The maximum atomic E-state index is 2.44. The molecule has 2 heterocycles. The molecule has 0 atom stereocenters. The smallest absolute Gasteiger partial charge is 0.0541 e. The minimum absolute atomic E-state index is 0.0990. The van der Waals surface area contributed by atoms with E-state index in [9.17, 15) is 0 Å². The first-order chi connectivity index (χ1) is 37.2. The summed E-state index contributed by atoms with van der Waals surface area (Å²) in [7, 11) is 0. The van der Waals surface area contributed by atoms with Crippen molar-refractivity contribution in [2.75, 3.05) is 0 Å². The highest BCUT2D eigenvalue weighted by molar-refractivity contribution is 6.13. The van der Waals surface area contributed by atoms with Crippen LogP contribution in [0.2, 0.25) is 0 Å². The molecule has 0 amide bonds. The summed E-state index contributed by atoms with van der Waals surface area (Å²) in [6.07, 6.45) is 0. The van der Waals surface area contributed by atoms with E-state index in [4.69, 9.17) is 0 Å². The molecule has 2 nitrogen and oxygen atoms in total. The molecule has 2 aromatic heterocycles. The number of benzene rings is 10. The molecule has 10 aromatic carbocycles. The molecule has 0 radical (unpaired) electrons. The molecule has 78 heavy (non-hydrogen) atoms. The van der Waals surface area contributed by atoms with Crippen LogP contribution in [-0.2, 0) is 21.7 Å². The van der Waals surface area contributed by atoms with Gasteiger partial charge in [0.1, 0.15) is 0 Å². The third-order valence-corrected chi connectivity index (χ3v) is 16.5. The van der Waals surface area contributed by atoms with Gasteiger partial charge in [0.15, 0.2) is 0 Å². The van der Waals surface area contributed by atoms with Gasteiger partial charge in [0, 0.05) is 32.9 Å². The van der Waals surface area contributed by atoms with Crippen LogP contribution in [0.25, 0.3) is 111 Å². The van der Waals surface area contributed by atoms with E-state index < -0.39 is 0 Å². The molecule has 0 aliphatic rings. The zero-order chi connectivity index (χ0) is 54.5. The number of hydrogen-bond acceptors (Lipinski definition) is 0. The SMILES string of the molecule is CC(C)(C)c1ccc(-c2ccc3c(c2)c2cc(-c4ccc(C(C)(C)C)cc4)ccc2n3-c2ccc(-c3ccc(-n4c5ccc(-c6ccc(C(C)(C)C)cc6)cc5c5cc(-c6ccc(C(C)(C)C)cc6)ccc54)cc3)cc2)cc1. The van der Waals surface area contributed by atoms with Crippen molar-refractivity contribution in [1.29, 1.82) is 0 Å². The van der Waals surface area contributed by atoms with Crippen LogP contribution in [-0.4, -0.2) is 9.13 Å². The Morgan fingerprint density at radius 2 is 0.359 bits per heavy atom. The lowest BCUT2D eigenvalue weighted by Gasteiger charge is -2.19. The zero-order valence-electron chi connectivity index (χ0n) is 47.7. The molecule has 0 saturated carbocycles. The van der Waals surface area contributed by atoms with Gasteiger partial charge < -0.3 is 9.13 Å². The molecule has 12 rings (SSSR count). The van der Waals surface area contributed by atoms with Crippen LogP contribution in [0.3, 0.4) is 0 Å². The molecule has 386 valence electrons. The lowest BCUT2D eigenvalue weighted by Crippen LogP contribution is -2.10. The Kier molecular flexibility index (Phi) is 12.2. The van der Waals surface area contributed by atoms with E-state index in [1.54, 1.807) is 0 Å². The second-order valence-electron chi connectivity index (χ2n) is 26.0. The number of rotatable bonds is 7. The molecule has 0 aliphatic heterocycles. The topological polar surface area (TPSA) is 9.86 Å². The number of hydrogen-bond donors (Lipinski definition) is 0. The van der Waals surface area contributed by atoms with Gasteiger partial charge >= 0.3 is 0 Å². The first-order valence-electron chi connectivity index (χ1n) is 28.0. The van der Waals surface area contributed by atoms with Gasteiger partial charge in [-0.05, 0) is 172 Å². The van der Waals surface area contributed by atoms with Crippen molar-refractivity contribution < 1.29 is 0 Å². The van der Waals surface area contributed by atoms with Gasteiger partial charge in [-0.25, -0.2) is 0 Å². The van der Waals surface area contributed by atoms with E-state index in [1.807, 2.05) is 0 Å². The fraction of sp³-hybridized carbons (Fsp3) is 0.211. The average molecular weight is 1010 g/mol. The fourth-order valence-electron chi connectivity index (χ4n) is 11.6. The van der Waals surface area contributed by atoms with Gasteiger partial charge in [0.2, 0.25) is 0 Å². The molecule has 12 aromatic rings. The Labute approximate surface area is 462 Å². The van der Waals surface area contributed by atoms with Gasteiger partial charge in [-0.3, -0.25) is 0 Å². The summed E-state index contributed by atoms with van der Waals surface area (Å²) in [5, 5.41) is 4.99. The van der Waals surface area contributed by atoms with Crippen LogP contribution in [0.4, 0.5) is 0 Å². The summed E-state index contributed by atoms with van der Waals surface area (Å²) in [6.45, 7) is 27.3. The van der Waals surface area contributed by atoms with Crippen LogP contribution in [0.5, 0.6) is 0 Å². The van der Waals surface area contributed by atoms with Crippen molar-refractivity contribution in [2.24, 2.45) is 0 Å². The highest BCUT2D eigenvalue weighted by Gasteiger charge is 2.21. The van der Waals surface area contributed by atoms with Crippen LogP contribution >= 0.6 is 0 Å². The van der Waals surface area contributed by atoms with Crippen molar-refractivity contribution in [3.05, 3.63) is 241 Å². The minimum Gasteiger partial charge on any atom is -0.309 e. The van der Waals surface area contributed by atoms with Gasteiger partial charge in [-0.15, -0.1) is 0 Å². The summed E-state index contributed by atoms with van der Waals surface area (Å²) in [5.74, 6) is 0. The van der Waals surface area contributed by atoms with E-state index in [-0.39, 0.29) is 21.7 Å². The third kappa shape index (κ3) is 9.36. The molecule has 2 heteroatoms. The Balaban J connectivity index is 0.911. The minimum atomic E-state index is 0.0990. The van der Waals surface area contributed by atoms with Crippen molar-refractivity contribution in [3.8, 4) is 67.0 Å². The molecular weight excluding hydrogens is 941 g/mol. The third-order valence-electron chi connectivity index (χ3n) is 16.5. The number of fused-ring (bicyclic) bond motifs is 6. The van der Waals surface area contributed by atoms with Crippen molar-refractivity contribution in [3.63, 3.8) is 0 Å². The van der Waals surface area contributed by atoms with Crippen LogP contribution in [0.1, 0.15) is 105 Å². The van der Waals surface area contributed by atoms with Gasteiger partial charge in [-0.1, -0.05) is 229 Å². The summed E-state index contributed by atoms with van der Waals surface area (Å²) in [4.78, 5) is 0. The Morgan fingerprint density at radius 1 is 0.192 bits per heavy atom. The zero-order valence-corrected chi connectivity index (χ0v) is 47.7. The predicted molar refractivity (Wildman–Crippen MR) is 337 cm³/mol. The van der Waals surface area contributed by atoms with Gasteiger partial charge in [0.25, 0.3) is 0 Å². The van der Waals surface area contributed by atoms with Gasteiger partial charge in [-0.2, -0.15) is 0 Å². The molecule has 0 unspecified atom stereocenters. The molecule has 0 aliphatic carbocycles. The monoisotopic (exact) mass is 1010 g/mol. The molecule has 0 spiro atoms. The van der Waals surface area contributed by atoms with Crippen molar-refractivity contribution >= 4 is 43.6 Å². The van der Waals surface area contributed by atoms with Gasteiger partial charge in [0.05, 0.1) is 22.1 Å². The van der Waals surface area contributed by atoms with Crippen LogP contribution in [0.15, 0.2) is 218 Å². The highest BCUT2D eigenvalue weighted by atomic mass is 15.0. The molecule has 0 saturated heterocycles. The lowest BCUT2D eigenvalue weighted by atomic mass is 9.86. The van der Waals surface area contributed by atoms with Crippen molar-refractivity contribution in [2.45, 2.75) is 105 Å². The average Bonchev–Trinajstić information content (AvgIpc) is 4.08. The van der Waals surface area contributed by atoms with E-state index >= 15 is 0 Å². The summed E-state index contributed by atoms with van der Waals surface area (Å²) in [5.41, 5.74) is 25.0. The second kappa shape index (κ2) is 18.8. The number of aromatic nitrogens is 2. The first-order valence-corrected chi connectivity index (χ1v) is 28.0. The summed E-state index contributed by atoms with van der Waals surface area (Å²) < 4.78 is 4.88. The second-order valence-corrected chi connectivity index (χ2v) is 26.0. The molecule has 0 N–H and O–H groups in total. The van der Waals surface area contributed by atoms with E-state index in [0.29, 0.717) is 0 Å². The number of nitrogens with zero attached hydrogens (tertiary/aromatic N) is 2. The quantitative estimate of drug-likeness (QED) is 0.151. The maximum Gasteiger partial charge on any atom is 0.0541 e. The normalized spacial score (nSPS) is 12.6. The van der Waals surface area contributed by atoms with Crippen molar-refractivity contribution in [1.82, 2.24) is 9.13 Å². The largest absolute Gasteiger partial charge is 0.309 e.